The van der Waals surface area contributed by atoms with Crippen molar-refractivity contribution in [1.82, 2.24) is 4.90 Å². The molecule has 0 bridgehead atoms. The van der Waals surface area contributed by atoms with E-state index >= 15 is 0 Å². The zero-order chi connectivity index (χ0) is 17.8. The van der Waals surface area contributed by atoms with E-state index in [0.29, 0.717) is 0 Å². The van der Waals surface area contributed by atoms with Crippen LogP contribution in [-0.4, -0.2) is 36.2 Å². The van der Waals surface area contributed by atoms with Crippen LogP contribution in [0.3, 0.4) is 0 Å². The Hall–Kier alpha value is -1.94. The number of amides is 1. The van der Waals surface area contributed by atoms with E-state index in [1.807, 2.05) is 47.9 Å². The molecular formula is C21H26N2OS. The summed E-state index contributed by atoms with van der Waals surface area (Å²) in [6, 6.07) is 16.6. The van der Waals surface area contributed by atoms with Gasteiger partial charge in [0.05, 0.1) is 0 Å². The minimum Gasteiger partial charge on any atom is -0.372 e. The van der Waals surface area contributed by atoms with Gasteiger partial charge in [0.2, 0.25) is 0 Å². The van der Waals surface area contributed by atoms with Gasteiger partial charge in [-0.2, -0.15) is 0 Å². The number of carbonyl (C=O) groups excluding carboxylic acids is 1. The number of aryl methyl sites for hydroxylation is 1. The minimum atomic E-state index is 0.109. The molecule has 1 fully saturated rings. The van der Waals surface area contributed by atoms with E-state index in [2.05, 4.69) is 43.0 Å². The molecule has 1 aliphatic heterocycles. The number of anilines is 1. The first-order valence-corrected chi connectivity index (χ1v) is 10.0. The van der Waals surface area contributed by atoms with Gasteiger partial charge >= 0.3 is 0 Å². The van der Waals surface area contributed by atoms with Gasteiger partial charge in [-0.3, -0.25) is 4.79 Å². The Morgan fingerprint density at radius 3 is 2.44 bits per heavy atom. The normalized spacial score (nSPS) is 16.9. The Morgan fingerprint density at radius 1 is 1.12 bits per heavy atom. The number of hydrogen-bond acceptors (Lipinski definition) is 3. The third-order valence-corrected chi connectivity index (χ3v) is 6.09. The van der Waals surface area contributed by atoms with Crippen LogP contribution in [0, 0.1) is 6.92 Å². The molecule has 2 aromatic rings. The van der Waals surface area contributed by atoms with Crippen molar-refractivity contribution in [2.75, 3.05) is 30.3 Å². The third-order valence-electron chi connectivity index (χ3n) is 4.83. The largest absolute Gasteiger partial charge is 0.372 e. The Labute approximate surface area is 155 Å². The Balaban J connectivity index is 1.82. The number of nitrogens with zero attached hydrogens (tertiary/aromatic N) is 2. The monoisotopic (exact) mass is 354 g/mol. The SMILES string of the molecule is CCN(CC)c1ccc(C2SCCN2C(=O)c2ccccc2C)cc1. The van der Waals surface area contributed by atoms with Crippen molar-refractivity contribution in [3.63, 3.8) is 0 Å². The maximum absolute atomic E-state index is 13.0. The molecule has 0 radical (unpaired) electrons. The van der Waals surface area contributed by atoms with E-state index in [0.717, 1.165) is 36.5 Å². The molecule has 1 heterocycles. The van der Waals surface area contributed by atoms with E-state index in [4.69, 9.17) is 0 Å². The van der Waals surface area contributed by atoms with Crippen molar-refractivity contribution in [3.8, 4) is 0 Å². The molecule has 0 saturated carbocycles. The van der Waals surface area contributed by atoms with Gasteiger partial charge in [0, 0.05) is 36.6 Å². The molecule has 0 aromatic heterocycles. The Kier molecular flexibility index (Phi) is 5.69. The number of benzene rings is 2. The third kappa shape index (κ3) is 3.69. The molecule has 2 aromatic carbocycles. The molecule has 1 unspecified atom stereocenters. The highest BCUT2D eigenvalue weighted by Crippen LogP contribution is 2.39. The fourth-order valence-electron chi connectivity index (χ4n) is 3.36. The van der Waals surface area contributed by atoms with Crippen LogP contribution in [0.25, 0.3) is 0 Å². The summed E-state index contributed by atoms with van der Waals surface area (Å²) in [7, 11) is 0. The van der Waals surface area contributed by atoms with Crippen LogP contribution in [0.2, 0.25) is 0 Å². The zero-order valence-electron chi connectivity index (χ0n) is 15.2. The van der Waals surface area contributed by atoms with Gasteiger partial charge in [-0.05, 0) is 50.1 Å². The molecule has 132 valence electrons. The van der Waals surface area contributed by atoms with Crippen molar-refractivity contribution >= 4 is 23.4 Å². The maximum Gasteiger partial charge on any atom is 0.255 e. The summed E-state index contributed by atoms with van der Waals surface area (Å²) < 4.78 is 0. The fourth-order valence-corrected chi connectivity index (χ4v) is 4.62. The first kappa shape index (κ1) is 17.9. The van der Waals surface area contributed by atoms with Crippen molar-refractivity contribution in [1.29, 1.82) is 0 Å². The zero-order valence-corrected chi connectivity index (χ0v) is 16.1. The number of hydrogen-bond donors (Lipinski definition) is 0. The second kappa shape index (κ2) is 7.96. The second-order valence-corrected chi connectivity index (χ2v) is 7.49. The van der Waals surface area contributed by atoms with Gasteiger partial charge in [-0.1, -0.05) is 30.3 Å². The summed E-state index contributed by atoms with van der Waals surface area (Å²) in [4.78, 5) is 17.4. The predicted molar refractivity (Wildman–Crippen MR) is 107 cm³/mol. The van der Waals surface area contributed by atoms with Gasteiger partial charge in [0.25, 0.3) is 5.91 Å². The van der Waals surface area contributed by atoms with Crippen LogP contribution >= 0.6 is 11.8 Å². The molecule has 1 saturated heterocycles. The first-order valence-electron chi connectivity index (χ1n) is 8.98. The van der Waals surface area contributed by atoms with E-state index in [1.165, 1.54) is 11.3 Å². The molecule has 3 nitrogen and oxygen atoms in total. The molecule has 3 rings (SSSR count). The maximum atomic E-state index is 13.0. The van der Waals surface area contributed by atoms with Gasteiger partial charge in [0.15, 0.2) is 0 Å². The van der Waals surface area contributed by atoms with Gasteiger partial charge in [0.1, 0.15) is 5.37 Å². The van der Waals surface area contributed by atoms with E-state index in [1.54, 1.807) is 0 Å². The molecule has 1 aliphatic rings. The molecule has 0 N–H and O–H groups in total. The second-order valence-electron chi connectivity index (χ2n) is 6.30. The van der Waals surface area contributed by atoms with Crippen LogP contribution in [0.5, 0.6) is 0 Å². The predicted octanol–water partition coefficient (Wildman–Crippen LogP) is 4.73. The summed E-state index contributed by atoms with van der Waals surface area (Å²) in [6.07, 6.45) is 0. The average Bonchev–Trinajstić information content (AvgIpc) is 3.13. The minimum absolute atomic E-state index is 0.109. The summed E-state index contributed by atoms with van der Waals surface area (Å²) in [5, 5.41) is 0.109. The molecule has 25 heavy (non-hydrogen) atoms. The highest BCUT2D eigenvalue weighted by Gasteiger charge is 2.31. The quantitative estimate of drug-likeness (QED) is 0.775. The summed E-state index contributed by atoms with van der Waals surface area (Å²) in [5.74, 6) is 1.13. The number of rotatable bonds is 5. The van der Waals surface area contributed by atoms with Gasteiger partial charge < -0.3 is 9.80 Å². The van der Waals surface area contributed by atoms with Crippen molar-refractivity contribution in [3.05, 3.63) is 65.2 Å². The highest BCUT2D eigenvalue weighted by molar-refractivity contribution is 7.99. The van der Waals surface area contributed by atoms with Gasteiger partial charge in [-0.25, -0.2) is 0 Å². The molecule has 1 atom stereocenters. The lowest BCUT2D eigenvalue weighted by Crippen LogP contribution is -2.31. The molecular weight excluding hydrogens is 328 g/mol. The smallest absolute Gasteiger partial charge is 0.255 e. The summed E-state index contributed by atoms with van der Waals surface area (Å²) in [5.41, 5.74) is 4.31. The number of thioether (sulfide) groups is 1. The Morgan fingerprint density at radius 2 is 1.80 bits per heavy atom. The van der Waals surface area contributed by atoms with Crippen molar-refractivity contribution in [2.24, 2.45) is 0 Å². The molecule has 0 spiro atoms. The topological polar surface area (TPSA) is 23.6 Å². The average molecular weight is 355 g/mol. The van der Waals surface area contributed by atoms with Crippen LogP contribution < -0.4 is 4.90 Å². The van der Waals surface area contributed by atoms with E-state index < -0.39 is 0 Å². The molecule has 4 heteroatoms. The standard InChI is InChI=1S/C21H26N2OS/c1-4-22(5-2)18-12-10-17(11-13-18)21-23(14-15-25-21)20(24)19-9-7-6-8-16(19)3/h6-13,21H,4-5,14-15H2,1-3H3. The van der Waals surface area contributed by atoms with E-state index in [-0.39, 0.29) is 11.3 Å². The highest BCUT2D eigenvalue weighted by atomic mass is 32.2. The molecule has 0 aliphatic carbocycles. The summed E-state index contributed by atoms with van der Waals surface area (Å²) >= 11 is 1.85. The van der Waals surface area contributed by atoms with Crippen molar-refractivity contribution in [2.45, 2.75) is 26.1 Å². The van der Waals surface area contributed by atoms with E-state index in [9.17, 15) is 4.79 Å². The number of carbonyl (C=O) groups is 1. The van der Waals surface area contributed by atoms with Crippen LogP contribution in [-0.2, 0) is 0 Å². The van der Waals surface area contributed by atoms with Crippen LogP contribution in [0.4, 0.5) is 5.69 Å². The van der Waals surface area contributed by atoms with Crippen LogP contribution in [0.1, 0.15) is 40.7 Å². The lowest BCUT2D eigenvalue weighted by Gasteiger charge is -2.26. The van der Waals surface area contributed by atoms with Gasteiger partial charge in [-0.15, -0.1) is 11.8 Å². The van der Waals surface area contributed by atoms with Crippen molar-refractivity contribution < 1.29 is 4.79 Å². The lowest BCUT2D eigenvalue weighted by molar-refractivity contribution is 0.0759. The fraction of sp³-hybridized carbons (Fsp3) is 0.381. The molecule has 1 amide bonds. The lowest BCUT2D eigenvalue weighted by atomic mass is 10.1. The van der Waals surface area contributed by atoms with Crippen LogP contribution in [0.15, 0.2) is 48.5 Å². The summed E-state index contributed by atoms with van der Waals surface area (Å²) in [6.45, 7) is 9.17. The Bertz CT molecular complexity index is 725. The first-order chi connectivity index (χ1) is 12.2.